The Morgan fingerprint density at radius 2 is 2.32 bits per heavy atom. The van der Waals surface area contributed by atoms with Crippen LogP contribution >= 0.6 is 0 Å². The van der Waals surface area contributed by atoms with E-state index in [0.29, 0.717) is 22.9 Å². The van der Waals surface area contributed by atoms with E-state index in [1.54, 1.807) is 30.1 Å². The molecule has 1 aliphatic rings. The molecule has 0 radical (unpaired) electrons. The van der Waals surface area contributed by atoms with Crippen LogP contribution in [-0.4, -0.2) is 32.7 Å². The number of tetrazole rings is 1. The Bertz CT molecular complexity index is 638. The van der Waals surface area contributed by atoms with Gasteiger partial charge in [0.2, 0.25) is 0 Å². The van der Waals surface area contributed by atoms with Crippen molar-refractivity contribution in [2.45, 2.75) is 6.54 Å². The molecule has 0 fully saturated rings. The van der Waals surface area contributed by atoms with E-state index in [2.05, 4.69) is 15.4 Å². The van der Waals surface area contributed by atoms with Gasteiger partial charge in [-0.3, -0.25) is 9.69 Å². The number of rotatable bonds is 2. The zero-order chi connectivity index (χ0) is 13.4. The molecular formula is C11H12N6O2. The van der Waals surface area contributed by atoms with Gasteiger partial charge in [0.15, 0.2) is 12.4 Å². The van der Waals surface area contributed by atoms with Crippen LogP contribution in [-0.2, 0) is 18.4 Å². The van der Waals surface area contributed by atoms with Crippen molar-refractivity contribution >= 4 is 17.3 Å². The van der Waals surface area contributed by atoms with Crippen molar-refractivity contribution in [1.29, 1.82) is 0 Å². The predicted octanol–water partition coefficient (Wildman–Crippen LogP) is -0.282. The molecule has 0 spiro atoms. The Balaban J connectivity index is 1.96. The van der Waals surface area contributed by atoms with Gasteiger partial charge >= 0.3 is 0 Å². The number of carbonyl (C=O) groups is 1. The third-order valence-electron chi connectivity index (χ3n) is 2.78. The second kappa shape index (κ2) is 4.23. The van der Waals surface area contributed by atoms with Crippen LogP contribution in [0.2, 0.25) is 0 Å². The van der Waals surface area contributed by atoms with Crippen molar-refractivity contribution in [3.8, 4) is 5.75 Å². The molecule has 98 valence electrons. The molecule has 0 saturated carbocycles. The summed E-state index contributed by atoms with van der Waals surface area (Å²) in [6.07, 6.45) is 0. The van der Waals surface area contributed by atoms with E-state index in [1.807, 2.05) is 0 Å². The number of amides is 1. The van der Waals surface area contributed by atoms with Crippen LogP contribution in [0.3, 0.4) is 0 Å². The minimum atomic E-state index is -0.162. The molecule has 1 amide bonds. The van der Waals surface area contributed by atoms with Gasteiger partial charge in [0, 0.05) is 5.69 Å². The molecule has 1 aromatic heterocycles. The maximum atomic E-state index is 12.0. The molecule has 1 aliphatic heterocycles. The highest BCUT2D eigenvalue weighted by molar-refractivity contribution is 5.98. The number of anilines is 2. The molecular weight excluding hydrogens is 248 g/mol. The average molecular weight is 260 g/mol. The SMILES string of the molecule is Cn1nnc(CN2C(=O)COc3ccc(N)cc32)n1. The zero-order valence-corrected chi connectivity index (χ0v) is 10.3. The molecule has 2 N–H and O–H groups in total. The molecule has 1 aromatic carbocycles. The maximum absolute atomic E-state index is 12.0. The maximum Gasteiger partial charge on any atom is 0.265 e. The van der Waals surface area contributed by atoms with Gasteiger partial charge in [0.25, 0.3) is 5.91 Å². The number of ether oxygens (including phenoxy) is 1. The average Bonchev–Trinajstić information content (AvgIpc) is 2.79. The third kappa shape index (κ3) is 2.07. The summed E-state index contributed by atoms with van der Waals surface area (Å²) in [5, 5.41) is 11.7. The third-order valence-corrected chi connectivity index (χ3v) is 2.78. The van der Waals surface area contributed by atoms with Crippen molar-refractivity contribution in [2.24, 2.45) is 7.05 Å². The summed E-state index contributed by atoms with van der Waals surface area (Å²) in [6.45, 7) is 0.240. The minimum absolute atomic E-state index is 0.00280. The Morgan fingerprint density at radius 1 is 1.47 bits per heavy atom. The number of aromatic nitrogens is 4. The smallest absolute Gasteiger partial charge is 0.265 e. The molecule has 0 saturated heterocycles. The van der Waals surface area contributed by atoms with Crippen LogP contribution < -0.4 is 15.4 Å². The molecule has 2 aromatic rings. The van der Waals surface area contributed by atoms with E-state index in [-0.39, 0.29) is 19.1 Å². The number of benzene rings is 1. The van der Waals surface area contributed by atoms with E-state index in [1.165, 1.54) is 4.80 Å². The quantitative estimate of drug-likeness (QED) is 0.745. The van der Waals surface area contributed by atoms with Crippen LogP contribution in [0.1, 0.15) is 5.82 Å². The molecule has 0 aliphatic carbocycles. The highest BCUT2D eigenvalue weighted by Crippen LogP contribution is 2.34. The van der Waals surface area contributed by atoms with Gasteiger partial charge in [-0.2, -0.15) is 4.80 Å². The number of carbonyl (C=O) groups excluding carboxylic acids is 1. The van der Waals surface area contributed by atoms with Crippen molar-refractivity contribution < 1.29 is 9.53 Å². The fourth-order valence-electron chi connectivity index (χ4n) is 1.92. The van der Waals surface area contributed by atoms with Crippen LogP contribution in [0.4, 0.5) is 11.4 Å². The highest BCUT2D eigenvalue weighted by Gasteiger charge is 2.26. The standard InChI is InChI=1S/C11H12N6O2/c1-16-14-10(13-15-16)5-17-8-4-7(12)2-3-9(8)19-6-11(17)18/h2-4H,5-6,12H2,1H3. The van der Waals surface area contributed by atoms with Crippen molar-refractivity contribution in [3.63, 3.8) is 0 Å². The van der Waals surface area contributed by atoms with Gasteiger partial charge in [-0.05, 0) is 23.4 Å². The Morgan fingerprint density at radius 3 is 3.05 bits per heavy atom. The first kappa shape index (κ1) is 11.5. The summed E-state index contributed by atoms with van der Waals surface area (Å²) in [5.41, 5.74) is 6.94. The van der Waals surface area contributed by atoms with Crippen LogP contribution in [0.5, 0.6) is 5.75 Å². The van der Waals surface area contributed by atoms with Gasteiger partial charge in [0.1, 0.15) is 5.75 Å². The first-order valence-corrected chi connectivity index (χ1v) is 5.69. The number of fused-ring (bicyclic) bond motifs is 1. The highest BCUT2D eigenvalue weighted by atomic mass is 16.5. The summed E-state index contributed by atoms with van der Waals surface area (Å²) in [4.78, 5) is 14.9. The van der Waals surface area contributed by atoms with Gasteiger partial charge in [-0.15, -0.1) is 10.2 Å². The van der Waals surface area contributed by atoms with Gasteiger partial charge in [0.05, 0.1) is 19.3 Å². The van der Waals surface area contributed by atoms with Crippen LogP contribution in [0.25, 0.3) is 0 Å². The van der Waals surface area contributed by atoms with E-state index in [9.17, 15) is 4.79 Å². The predicted molar refractivity (Wildman–Crippen MR) is 66.3 cm³/mol. The van der Waals surface area contributed by atoms with Gasteiger partial charge < -0.3 is 10.5 Å². The number of hydrogen-bond acceptors (Lipinski definition) is 6. The van der Waals surface area contributed by atoms with Crippen LogP contribution in [0, 0.1) is 0 Å². The fourth-order valence-corrected chi connectivity index (χ4v) is 1.92. The van der Waals surface area contributed by atoms with Crippen LogP contribution in [0.15, 0.2) is 18.2 Å². The zero-order valence-electron chi connectivity index (χ0n) is 10.3. The lowest BCUT2D eigenvalue weighted by Gasteiger charge is -2.28. The minimum Gasteiger partial charge on any atom is -0.482 e. The molecule has 8 nitrogen and oxygen atoms in total. The largest absolute Gasteiger partial charge is 0.482 e. The molecule has 19 heavy (non-hydrogen) atoms. The van der Waals surface area contributed by atoms with E-state index in [0.717, 1.165) is 0 Å². The summed E-state index contributed by atoms with van der Waals surface area (Å²) in [6, 6.07) is 5.17. The number of hydrogen-bond donors (Lipinski definition) is 1. The molecule has 0 unspecified atom stereocenters. The first-order chi connectivity index (χ1) is 9.13. The van der Waals surface area contributed by atoms with Crippen molar-refractivity contribution in [1.82, 2.24) is 20.2 Å². The van der Waals surface area contributed by atoms with Crippen molar-refractivity contribution in [2.75, 3.05) is 17.2 Å². The molecule has 0 atom stereocenters. The Hall–Kier alpha value is -2.64. The second-order valence-electron chi connectivity index (χ2n) is 4.19. The van der Waals surface area contributed by atoms with E-state index >= 15 is 0 Å². The summed E-state index contributed by atoms with van der Waals surface area (Å²) < 4.78 is 5.36. The topological polar surface area (TPSA) is 99.2 Å². The Labute approximate surface area is 108 Å². The lowest BCUT2D eigenvalue weighted by atomic mass is 10.2. The Kier molecular flexibility index (Phi) is 2.55. The molecule has 0 bridgehead atoms. The van der Waals surface area contributed by atoms with Gasteiger partial charge in [-0.1, -0.05) is 0 Å². The molecule has 3 rings (SSSR count). The van der Waals surface area contributed by atoms with Crippen molar-refractivity contribution in [3.05, 3.63) is 24.0 Å². The lowest BCUT2D eigenvalue weighted by molar-refractivity contribution is -0.121. The normalized spacial score (nSPS) is 14.2. The van der Waals surface area contributed by atoms with E-state index in [4.69, 9.17) is 10.5 Å². The number of nitrogen functional groups attached to an aromatic ring is 1. The molecule has 8 heteroatoms. The second-order valence-corrected chi connectivity index (χ2v) is 4.19. The monoisotopic (exact) mass is 260 g/mol. The lowest BCUT2D eigenvalue weighted by Crippen LogP contribution is -2.38. The summed E-state index contributed by atoms with van der Waals surface area (Å²) in [5.74, 6) is 0.925. The first-order valence-electron chi connectivity index (χ1n) is 5.69. The van der Waals surface area contributed by atoms with E-state index < -0.39 is 0 Å². The summed E-state index contributed by atoms with van der Waals surface area (Å²) in [7, 11) is 1.67. The molecule has 2 heterocycles. The number of aryl methyl sites for hydroxylation is 1. The van der Waals surface area contributed by atoms with Gasteiger partial charge in [-0.25, -0.2) is 0 Å². The number of nitrogens with zero attached hydrogens (tertiary/aromatic N) is 5. The fraction of sp³-hybridized carbons (Fsp3) is 0.273. The number of nitrogens with two attached hydrogens (primary N) is 1. The summed E-state index contributed by atoms with van der Waals surface area (Å²) >= 11 is 0.